The number of aromatic nitrogens is 3. The van der Waals surface area contributed by atoms with Gasteiger partial charge in [-0.2, -0.15) is 5.10 Å². The molecular formula is C20H23N5O3. The number of nitrogens with one attached hydrogen (secondary N) is 1. The molecular weight excluding hydrogens is 358 g/mol. The van der Waals surface area contributed by atoms with E-state index in [1.807, 2.05) is 22.9 Å². The van der Waals surface area contributed by atoms with Crippen LogP contribution in [0.2, 0.25) is 0 Å². The maximum atomic E-state index is 12.9. The summed E-state index contributed by atoms with van der Waals surface area (Å²) in [5, 5.41) is 8.28. The van der Waals surface area contributed by atoms with Gasteiger partial charge in [-0.1, -0.05) is 12.1 Å². The molecule has 4 rings (SSSR count). The number of amides is 1. The number of carbonyl (C=O) groups is 1. The lowest BCUT2D eigenvalue weighted by Gasteiger charge is -2.26. The third-order valence-electron chi connectivity index (χ3n) is 4.84. The molecule has 0 spiro atoms. The van der Waals surface area contributed by atoms with Gasteiger partial charge in [0, 0.05) is 43.1 Å². The highest BCUT2D eigenvalue weighted by molar-refractivity contribution is 6.12. The zero-order chi connectivity index (χ0) is 19.3. The lowest BCUT2D eigenvalue weighted by atomic mass is 10.2. The number of ether oxygens (including phenoxy) is 2. The van der Waals surface area contributed by atoms with Crippen molar-refractivity contribution in [1.29, 1.82) is 0 Å². The van der Waals surface area contributed by atoms with E-state index in [1.165, 1.54) is 0 Å². The lowest BCUT2D eigenvalue weighted by molar-refractivity contribution is 0.0361. The lowest BCUT2D eigenvalue weighted by Crippen LogP contribution is -2.38. The second-order valence-electron chi connectivity index (χ2n) is 6.57. The molecule has 0 atom stereocenters. The Labute approximate surface area is 163 Å². The summed E-state index contributed by atoms with van der Waals surface area (Å²) in [5.74, 6) is 0.449. The van der Waals surface area contributed by atoms with Crippen molar-refractivity contribution >= 4 is 22.5 Å². The number of para-hydroxylation sites is 1. The van der Waals surface area contributed by atoms with Gasteiger partial charge in [0.2, 0.25) is 0 Å². The maximum Gasteiger partial charge on any atom is 0.276 e. The smallest absolute Gasteiger partial charge is 0.276 e. The Morgan fingerprint density at radius 2 is 1.96 bits per heavy atom. The summed E-state index contributed by atoms with van der Waals surface area (Å²) in [7, 11) is 1.63. The van der Waals surface area contributed by atoms with Crippen LogP contribution in [0.25, 0.3) is 10.9 Å². The van der Waals surface area contributed by atoms with Crippen LogP contribution < -0.4 is 10.1 Å². The first-order chi connectivity index (χ1) is 13.8. The minimum absolute atomic E-state index is 0.255. The molecule has 8 heteroatoms. The second kappa shape index (κ2) is 8.37. The summed E-state index contributed by atoms with van der Waals surface area (Å²) in [6, 6.07) is 9.15. The molecule has 1 aromatic carbocycles. The average molecular weight is 381 g/mol. The van der Waals surface area contributed by atoms with Crippen molar-refractivity contribution in [2.75, 3.05) is 45.3 Å². The molecule has 1 amide bonds. The highest BCUT2D eigenvalue weighted by Crippen LogP contribution is 2.28. The number of morpholine rings is 1. The zero-order valence-corrected chi connectivity index (χ0v) is 15.8. The number of nitrogens with zero attached hydrogens (tertiary/aromatic N) is 4. The third-order valence-corrected chi connectivity index (χ3v) is 4.84. The minimum atomic E-state index is -0.255. The molecule has 28 heavy (non-hydrogen) atoms. The Bertz CT molecular complexity index is 951. The van der Waals surface area contributed by atoms with Crippen molar-refractivity contribution in [2.24, 2.45) is 0 Å². The van der Waals surface area contributed by atoms with Gasteiger partial charge in [-0.3, -0.25) is 19.4 Å². The molecule has 2 aromatic heterocycles. The van der Waals surface area contributed by atoms with Gasteiger partial charge in [-0.15, -0.1) is 0 Å². The van der Waals surface area contributed by atoms with Gasteiger partial charge in [0.05, 0.1) is 26.9 Å². The fraction of sp³-hybridized carbons (Fsp3) is 0.350. The Morgan fingerprint density at radius 1 is 1.18 bits per heavy atom. The highest BCUT2D eigenvalue weighted by atomic mass is 16.5. The quantitative estimate of drug-likeness (QED) is 0.704. The van der Waals surface area contributed by atoms with E-state index in [0.29, 0.717) is 23.7 Å². The van der Waals surface area contributed by atoms with Crippen molar-refractivity contribution in [1.82, 2.24) is 19.7 Å². The summed E-state index contributed by atoms with van der Waals surface area (Å²) >= 11 is 0. The fourth-order valence-corrected chi connectivity index (χ4v) is 3.38. The number of anilines is 1. The molecule has 3 heterocycles. The van der Waals surface area contributed by atoms with E-state index in [1.54, 1.807) is 31.6 Å². The standard InChI is InChI=1S/C20H23N5O3/c1-27-17-4-2-3-16-18(20(26)22-15-5-7-21-8-6-15)23-25(19(16)17)10-9-24-11-13-28-14-12-24/h2-8H,9-14H2,1H3,(H,21,22,26). The number of hydrogen-bond acceptors (Lipinski definition) is 6. The largest absolute Gasteiger partial charge is 0.494 e. The number of methoxy groups -OCH3 is 1. The maximum absolute atomic E-state index is 12.9. The Hall–Kier alpha value is -2.97. The van der Waals surface area contributed by atoms with Crippen molar-refractivity contribution < 1.29 is 14.3 Å². The molecule has 0 bridgehead atoms. The van der Waals surface area contributed by atoms with E-state index in [4.69, 9.17) is 9.47 Å². The number of benzene rings is 1. The summed E-state index contributed by atoms with van der Waals surface area (Å²) in [6.45, 7) is 4.83. The molecule has 8 nitrogen and oxygen atoms in total. The van der Waals surface area contributed by atoms with Crippen molar-refractivity contribution in [3.8, 4) is 5.75 Å². The molecule has 1 fully saturated rings. The number of pyridine rings is 1. The monoisotopic (exact) mass is 381 g/mol. The van der Waals surface area contributed by atoms with E-state index in [-0.39, 0.29) is 5.91 Å². The molecule has 0 aliphatic carbocycles. The molecule has 1 saturated heterocycles. The first kappa shape index (κ1) is 18.4. The molecule has 1 N–H and O–H groups in total. The summed E-state index contributed by atoms with van der Waals surface area (Å²) in [4.78, 5) is 19.2. The van der Waals surface area contributed by atoms with Gasteiger partial charge in [0.15, 0.2) is 5.69 Å². The first-order valence-electron chi connectivity index (χ1n) is 9.31. The fourth-order valence-electron chi connectivity index (χ4n) is 3.38. The van der Waals surface area contributed by atoms with E-state index >= 15 is 0 Å². The average Bonchev–Trinajstić information content (AvgIpc) is 3.13. The highest BCUT2D eigenvalue weighted by Gasteiger charge is 2.21. The Kier molecular flexibility index (Phi) is 5.50. The number of rotatable bonds is 6. The van der Waals surface area contributed by atoms with Crippen LogP contribution in [0, 0.1) is 0 Å². The van der Waals surface area contributed by atoms with E-state index in [0.717, 1.165) is 43.8 Å². The van der Waals surface area contributed by atoms with Gasteiger partial charge >= 0.3 is 0 Å². The predicted molar refractivity (Wildman–Crippen MR) is 106 cm³/mol. The van der Waals surface area contributed by atoms with Crippen molar-refractivity contribution in [3.05, 3.63) is 48.4 Å². The zero-order valence-electron chi connectivity index (χ0n) is 15.8. The van der Waals surface area contributed by atoms with E-state index < -0.39 is 0 Å². The van der Waals surface area contributed by atoms with Crippen LogP contribution in [0.15, 0.2) is 42.7 Å². The van der Waals surface area contributed by atoms with Crippen LogP contribution in [-0.4, -0.2) is 65.5 Å². The second-order valence-corrected chi connectivity index (χ2v) is 6.57. The van der Waals surface area contributed by atoms with Crippen molar-refractivity contribution in [2.45, 2.75) is 6.54 Å². The molecule has 3 aromatic rings. The first-order valence-corrected chi connectivity index (χ1v) is 9.31. The summed E-state index contributed by atoms with van der Waals surface area (Å²) < 4.78 is 12.8. The summed E-state index contributed by atoms with van der Waals surface area (Å²) in [5.41, 5.74) is 1.89. The van der Waals surface area contributed by atoms with Crippen LogP contribution in [0.5, 0.6) is 5.75 Å². The predicted octanol–water partition coefficient (Wildman–Crippen LogP) is 2.02. The van der Waals surface area contributed by atoms with Crippen LogP contribution in [0.4, 0.5) is 5.69 Å². The Balaban J connectivity index is 1.64. The van der Waals surface area contributed by atoms with Gasteiger partial charge in [0.1, 0.15) is 11.3 Å². The molecule has 0 radical (unpaired) electrons. The van der Waals surface area contributed by atoms with Crippen molar-refractivity contribution in [3.63, 3.8) is 0 Å². The van der Waals surface area contributed by atoms with Gasteiger partial charge in [-0.25, -0.2) is 0 Å². The van der Waals surface area contributed by atoms with E-state index in [9.17, 15) is 4.79 Å². The topological polar surface area (TPSA) is 81.5 Å². The molecule has 146 valence electrons. The molecule has 0 unspecified atom stereocenters. The van der Waals surface area contributed by atoms with Crippen LogP contribution in [0.1, 0.15) is 10.5 Å². The number of hydrogen-bond donors (Lipinski definition) is 1. The molecule has 1 aliphatic heterocycles. The van der Waals surface area contributed by atoms with Crippen LogP contribution in [-0.2, 0) is 11.3 Å². The number of fused-ring (bicyclic) bond motifs is 1. The minimum Gasteiger partial charge on any atom is -0.494 e. The van der Waals surface area contributed by atoms with Gasteiger partial charge in [0.25, 0.3) is 5.91 Å². The SMILES string of the molecule is COc1cccc2c(C(=O)Nc3ccncc3)nn(CCN3CCOCC3)c12. The van der Waals surface area contributed by atoms with Gasteiger partial charge < -0.3 is 14.8 Å². The third kappa shape index (κ3) is 3.83. The van der Waals surface area contributed by atoms with Crippen LogP contribution in [0.3, 0.4) is 0 Å². The Morgan fingerprint density at radius 3 is 2.71 bits per heavy atom. The van der Waals surface area contributed by atoms with Gasteiger partial charge in [-0.05, 0) is 18.2 Å². The van der Waals surface area contributed by atoms with Crippen LogP contribution >= 0.6 is 0 Å². The summed E-state index contributed by atoms with van der Waals surface area (Å²) in [6.07, 6.45) is 3.27. The molecule has 0 saturated carbocycles. The molecule has 1 aliphatic rings. The normalized spacial score (nSPS) is 14.9. The number of carbonyl (C=O) groups excluding carboxylic acids is 1. The van der Waals surface area contributed by atoms with E-state index in [2.05, 4.69) is 20.3 Å².